The average molecular weight is 499 g/mol. The van der Waals surface area contributed by atoms with Gasteiger partial charge in [0, 0.05) is 41.2 Å². The molecule has 7 nitrogen and oxygen atoms in total. The van der Waals surface area contributed by atoms with Crippen molar-refractivity contribution in [3.8, 4) is 28.5 Å². The molecule has 1 aliphatic heterocycles. The Bertz CT molecular complexity index is 1180. The molecule has 3 N–H and O–H groups in total. The molecule has 3 aromatic rings. The lowest BCUT2D eigenvalue weighted by molar-refractivity contribution is -0.131. The van der Waals surface area contributed by atoms with Crippen LogP contribution in [0.25, 0.3) is 11.3 Å². The number of nitrogens with one attached hydrogen (secondary N) is 2. The van der Waals surface area contributed by atoms with Crippen LogP contribution in [0.1, 0.15) is 18.0 Å². The van der Waals surface area contributed by atoms with Gasteiger partial charge in [0.15, 0.2) is 0 Å². The fourth-order valence-electron chi connectivity index (χ4n) is 3.48. The van der Waals surface area contributed by atoms with Gasteiger partial charge in [0.2, 0.25) is 0 Å². The Morgan fingerprint density at radius 3 is 2.56 bits per heavy atom. The van der Waals surface area contributed by atoms with Gasteiger partial charge in [-0.05, 0) is 61.7 Å². The number of aromatic amines is 1. The van der Waals surface area contributed by atoms with Crippen LogP contribution in [-0.2, 0) is 9.53 Å². The van der Waals surface area contributed by atoms with Crippen LogP contribution in [0.2, 0.25) is 0 Å². The highest BCUT2D eigenvalue weighted by Crippen LogP contribution is 2.38. The summed E-state index contributed by atoms with van der Waals surface area (Å²) in [6.45, 7) is 2.41. The van der Waals surface area contributed by atoms with Crippen LogP contribution >= 0.6 is 23.5 Å². The molecular weight excluding hydrogens is 472 g/mol. The number of carboxylic acid groups (broad SMARTS) is 1. The van der Waals surface area contributed by atoms with E-state index < -0.39 is 5.97 Å². The monoisotopic (exact) mass is 498 g/mol. The van der Waals surface area contributed by atoms with E-state index in [1.54, 1.807) is 18.9 Å². The molecule has 0 saturated carbocycles. The number of ether oxygens (including phenoxy) is 3. The summed E-state index contributed by atoms with van der Waals surface area (Å²) in [4.78, 5) is 16.1. The van der Waals surface area contributed by atoms with Crippen molar-refractivity contribution in [2.24, 2.45) is 0 Å². The third-order valence-electron chi connectivity index (χ3n) is 5.04. The van der Waals surface area contributed by atoms with Crippen molar-refractivity contribution < 1.29 is 24.1 Å². The highest BCUT2D eigenvalue weighted by atomic mass is 32.2. The van der Waals surface area contributed by atoms with Gasteiger partial charge in [-0.15, -0.1) is 11.8 Å². The van der Waals surface area contributed by atoms with Gasteiger partial charge in [-0.3, -0.25) is 0 Å². The third-order valence-corrected chi connectivity index (χ3v) is 6.95. The van der Waals surface area contributed by atoms with Gasteiger partial charge in [0.1, 0.15) is 33.6 Å². The molecule has 1 aliphatic rings. The standard InChI is InChI=1S/C25H26N2O5S2/c1-15(14-30-2)31-18-10-16(11-19(12-18)32-17-4-6-20(33-3)7-5-17)21-8-9-22(27-21)24-26-13-23(34-24)25(28)29/h4-13,15,24,26-27H,14H2,1-3H3,(H,28,29). The van der Waals surface area contributed by atoms with Crippen LogP contribution in [0.3, 0.4) is 0 Å². The summed E-state index contributed by atoms with van der Waals surface area (Å²) in [5, 5.41) is 12.1. The highest BCUT2D eigenvalue weighted by molar-refractivity contribution is 8.04. The molecule has 2 atom stereocenters. The minimum absolute atomic E-state index is 0.132. The quantitative estimate of drug-likeness (QED) is 0.299. The van der Waals surface area contributed by atoms with Gasteiger partial charge >= 0.3 is 5.97 Å². The van der Waals surface area contributed by atoms with Crippen molar-refractivity contribution in [2.45, 2.75) is 23.3 Å². The van der Waals surface area contributed by atoms with Crippen LogP contribution in [0.5, 0.6) is 17.2 Å². The molecule has 0 radical (unpaired) electrons. The molecule has 2 heterocycles. The average Bonchev–Trinajstić information content (AvgIpc) is 3.50. The Kier molecular flexibility index (Phi) is 7.77. The number of rotatable bonds is 10. The number of H-pyrrole nitrogens is 1. The summed E-state index contributed by atoms with van der Waals surface area (Å²) >= 11 is 2.94. The molecule has 0 saturated heterocycles. The van der Waals surface area contributed by atoms with Gasteiger partial charge in [-0.2, -0.15) is 0 Å². The van der Waals surface area contributed by atoms with Crippen LogP contribution in [-0.4, -0.2) is 42.1 Å². The van der Waals surface area contributed by atoms with Gasteiger partial charge in [-0.25, -0.2) is 4.79 Å². The molecular formula is C25H26N2O5S2. The largest absolute Gasteiger partial charge is 0.488 e. The number of carboxylic acids is 1. The maximum absolute atomic E-state index is 11.2. The van der Waals surface area contributed by atoms with E-state index in [0.717, 1.165) is 27.6 Å². The normalized spacial score (nSPS) is 16.0. The Morgan fingerprint density at radius 2 is 1.88 bits per heavy atom. The SMILES string of the molecule is COCC(C)Oc1cc(Oc2ccc(SC)cc2)cc(-c2ccc(C3NC=C(C(=O)O)S3)[nH]2)c1. The smallest absolute Gasteiger partial charge is 0.343 e. The molecule has 34 heavy (non-hydrogen) atoms. The summed E-state index contributed by atoms with van der Waals surface area (Å²) in [5.41, 5.74) is 2.63. The molecule has 0 bridgehead atoms. The van der Waals surface area contributed by atoms with Crippen LogP contribution in [0, 0.1) is 0 Å². The molecule has 9 heteroatoms. The first-order valence-corrected chi connectivity index (χ1v) is 12.7. The third kappa shape index (κ3) is 5.91. The van der Waals surface area contributed by atoms with Gasteiger partial charge < -0.3 is 29.6 Å². The maximum Gasteiger partial charge on any atom is 0.343 e. The highest BCUT2D eigenvalue weighted by Gasteiger charge is 2.24. The molecule has 2 unspecified atom stereocenters. The number of benzene rings is 2. The molecule has 0 aliphatic carbocycles. The minimum Gasteiger partial charge on any atom is -0.488 e. The van der Waals surface area contributed by atoms with E-state index in [9.17, 15) is 9.90 Å². The number of hydrogen-bond acceptors (Lipinski definition) is 7. The summed E-state index contributed by atoms with van der Waals surface area (Å²) in [6.07, 6.45) is 3.43. The fourth-order valence-corrected chi connectivity index (χ4v) is 4.78. The molecule has 178 valence electrons. The van der Waals surface area contributed by atoms with E-state index in [0.29, 0.717) is 18.1 Å². The first-order valence-electron chi connectivity index (χ1n) is 10.6. The van der Waals surface area contributed by atoms with E-state index in [1.807, 2.05) is 67.8 Å². The van der Waals surface area contributed by atoms with Crippen LogP contribution < -0.4 is 14.8 Å². The number of thioether (sulfide) groups is 2. The van der Waals surface area contributed by atoms with Crippen molar-refractivity contribution in [3.63, 3.8) is 0 Å². The first kappa shape index (κ1) is 24.1. The number of hydrogen-bond donors (Lipinski definition) is 3. The molecule has 0 amide bonds. The molecule has 1 aromatic heterocycles. The molecule has 4 rings (SSSR count). The van der Waals surface area contributed by atoms with E-state index in [2.05, 4.69) is 10.3 Å². The maximum atomic E-state index is 11.2. The molecule has 0 fully saturated rings. The Hall–Kier alpha value is -3.01. The zero-order valence-electron chi connectivity index (χ0n) is 19.0. The summed E-state index contributed by atoms with van der Waals surface area (Å²) in [6, 6.07) is 17.6. The topological polar surface area (TPSA) is 92.8 Å². The lowest BCUT2D eigenvalue weighted by Crippen LogP contribution is -2.17. The predicted molar refractivity (Wildman–Crippen MR) is 136 cm³/mol. The fraction of sp³-hybridized carbons (Fsp3) is 0.240. The molecule has 2 aromatic carbocycles. The number of methoxy groups -OCH3 is 1. The number of aliphatic carboxylic acids is 1. The van der Waals surface area contributed by atoms with Gasteiger partial charge in [0.05, 0.1) is 6.61 Å². The Morgan fingerprint density at radius 1 is 1.12 bits per heavy atom. The summed E-state index contributed by atoms with van der Waals surface area (Å²) < 4.78 is 17.4. The lowest BCUT2D eigenvalue weighted by atomic mass is 10.1. The minimum atomic E-state index is -0.936. The first-order chi connectivity index (χ1) is 16.4. The van der Waals surface area contributed by atoms with Gasteiger partial charge in [-0.1, -0.05) is 11.8 Å². The van der Waals surface area contributed by atoms with Crippen LogP contribution in [0.4, 0.5) is 0 Å². The number of carbonyl (C=O) groups is 1. The second-order valence-corrected chi connectivity index (χ2v) is 9.69. The summed E-state index contributed by atoms with van der Waals surface area (Å²) in [5.74, 6) is 1.11. The Balaban J connectivity index is 1.60. The lowest BCUT2D eigenvalue weighted by Gasteiger charge is -2.16. The van der Waals surface area contributed by atoms with Crippen molar-refractivity contribution >= 4 is 29.5 Å². The van der Waals surface area contributed by atoms with E-state index in [1.165, 1.54) is 18.0 Å². The van der Waals surface area contributed by atoms with E-state index in [-0.39, 0.29) is 16.4 Å². The van der Waals surface area contributed by atoms with E-state index in [4.69, 9.17) is 14.2 Å². The second-order valence-electron chi connectivity index (χ2n) is 7.66. The molecule has 0 spiro atoms. The van der Waals surface area contributed by atoms with Crippen molar-refractivity contribution in [2.75, 3.05) is 20.0 Å². The van der Waals surface area contributed by atoms with E-state index >= 15 is 0 Å². The van der Waals surface area contributed by atoms with Crippen molar-refractivity contribution in [1.82, 2.24) is 10.3 Å². The summed E-state index contributed by atoms with van der Waals surface area (Å²) in [7, 11) is 1.64. The second kappa shape index (κ2) is 10.9. The Labute approximate surface area is 206 Å². The van der Waals surface area contributed by atoms with Crippen molar-refractivity contribution in [3.05, 3.63) is 71.4 Å². The van der Waals surface area contributed by atoms with Gasteiger partial charge in [0.25, 0.3) is 0 Å². The van der Waals surface area contributed by atoms with Crippen molar-refractivity contribution in [1.29, 1.82) is 0 Å². The van der Waals surface area contributed by atoms with Crippen LogP contribution in [0.15, 0.2) is 70.6 Å². The zero-order chi connectivity index (χ0) is 24.1. The predicted octanol–water partition coefficient (Wildman–Crippen LogP) is 5.87. The zero-order valence-corrected chi connectivity index (χ0v) is 20.7. The number of aromatic nitrogens is 1.